The molecule has 2 aromatic carbocycles. The molecular weight excluding hydrogens is 356 g/mol. The summed E-state index contributed by atoms with van der Waals surface area (Å²) in [5.74, 6) is 0.214. The molecule has 4 rings (SSSR count). The van der Waals surface area contributed by atoms with Gasteiger partial charge in [-0.2, -0.15) is 0 Å². The number of rotatable bonds is 4. The molecule has 0 spiro atoms. The number of benzene rings is 2. The zero-order valence-electron chi connectivity index (χ0n) is 15.5. The molecule has 27 heavy (non-hydrogen) atoms. The van der Waals surface area contributed by atoms with E-state index in [0.29, 0.717) is 0 Å². The van der Waals surface area contributed by atoms with E-state index in [2.05, 4.69) is 46.7 Å². The maximum Gasteiger partial charge on any atom is 0.234 e. The number of amides is 1. The normalized spacial score (nSPS) is 11.2. The van der Waals surface area contributed by atoms with Crippen molar-refractivity contribution in [1.82, 2.24) is 14.6 Å². The lowest BCUT2D eigenvalue weighted by Crippen LogP contribution is -2.14. The molecule has 0 radical (unpaired) electrons. The molecule has 2 heterocycles. The Bertz CT molecular complexity index is 1170. The van der Waals surface area contributed by atoms with Gasteiger partial charge in [0, 0.05) is 5.69 Å². The van der Waals surface area contributed by atoms with Crippen molar-refractivity contribution >= 4 is 39.9 Å². The Morgan fingerprint density at radius 1 is 1.04 bits per heavy atom. The Hall–Kier alpha value is -2.86. The van der Waals surface area contributed by atoms with Crippen molar-refractivity contribution in [2.75, 3.05) is 11.1 Å². The summed E-state index contributed by atoms with van der Waals surface area (Å²) < 4.78 is 2.04. The van der Waals surface area contributed by atoms with Gasteiger partial charge in [0.25, 0.3) is 0 Å². The number of carbonyl (C=O) groups excluding carboxylic acids is 1. The fourth-order valence-electron chi connectivity index (χ4n) is 3.15. The Kier molecular flexibility index (Phi) is 4.58. The first-order valence-electron chi connectivity index (χ1n) is 8.76. The monoisotopic (exact) mass is 376 g/mol. The standard InChI is InChI=1S/C21H20N4OS/c1-13-5-4-6-17(9-13)22-19(26)12-27-21-24-23-20-15(3)11-16-8-7-14(2)10-18(16)25(20)21/h4-11H,12H2,1-3H3,(H,22,26). The number of fused-ring (bicyclic) bond motifs is 3. The van der Waals surface area contributed by atoms with E-state index in [1.54, 1.807) is 0 Å². The molecule has 0 fully saturated rings. The fraction of sp³-hybridized carbons (Fsp3) is 0.190. The summed E-state index contributed by atoms with van der Waals surface area (Å²) in [6.45, 7) is 6.10. The van der Waals surface area contributed by atoms with Gasteiger partial charge in [0.1, 0.15) is 0 Å². The molecule has 0 atom stereocenters. The summed E-state index contributed by atoms with van der Waals surface area (Å²) in [5, 5.41) is 13.5. The summed E-state index contributed by atoms with van der Waals surface area (Å²) in [7, 11) is 0. The third-order valence-electron chi connectivity index (χ3n) is 4.42. The lowest BCUT2D eigenvalue weighted by Gasteiger charge is -2.08. The van der Waals surface area contributed by atoms with E-state index in [4.69, 9.17) is 0 Å². The molecule has 2 aromatic heterocycles. The van der Waals surface area contributed by atoms with E-state index in [1.165, 1.54) is 17.3 Å². The quantitative estimate of drug-likeness (QED) is 0.531. The molecular formula is C21H20N4OS. The molecule has 6 heteroatoms. The van der Waals surface area contributed by atoms with Crippen LogP contribution in [0.4, 0.5) is 5.69 Å². The van der Waals surface area contributed by atoms with Gasteiger partial charge in [-0.3, -0.25) is 9.20 Å². The number of hydrogen-bond acceptors (Lipinski definition) is 4. The predicted molar refractivity (Wildman–Crippen MR) is 110 cm³/mol. The number of carbonyl (C=O) groups is 1. The highest BCUT2D eigenvalue weighted by atomic mass is 32.2. The molecule has 0 aliphatic heterocycles. The van der Waals surface area contributed by atoms with E-state index in [1.807, 2.05) is 42.5 Å². The lowest BCUT2D eigenvalue weighted by atomic mass is 10.1. The van der Waals surface area contributed by atoms with Crippen molar-refractivity contribution in [2.45, 2.75) is 25.9 Å². The van der Waals surface area contributed by atoms with Crippen LogP contribution in [-0.2, 0) is 4.79 Å². The zero-order valence-corrected chi connectivity index (χ0v) is 16.3. The van der Waals surface area contributed by atoms with Crippen molar-refractivity contribution in [2.24, 2.45) is 0 Å². The molecule has 0 saturated carbocycles. The van der Waals surface area contributed by atoms with Gasteiger partial charge in [-0.15, -0.1) is 10.2 Å². The number of aromatic nitrogens is 3. The number of hydrogen-bond donors (Lipinski definition) is 1. The van der Waals surface area contributed by atoms with E-state index < -0.39 is 0 Å². The second-order valence-corrected chi connectivity index (χ2v) is 7.68. The SMILES string of the molecule is Cc1cccc(NC(=O)CSc2nnc3c(C)cc4ccc(C)cc4n23)c1. The summed E-state index contributed by atoms with van der Waals surface area (Å²) in [6.07, 6.45) is 0. The Morgan fingerprint density at radius 2 is 1.85 bits per heavy atom. The van der Waals surface area contributed by atoms with Crippen molar-refractivity contribution in [3.8, 4) is 0 Å². The minimum Gasteiger partial charge on any atom is -0.325 e. The number of nitrogens with one attached hydrogen (secondary N) is 1. The van der Waals surface area contributed by atoms with Gasteiger partial charge >= 0.3 is 0 Å². The third-order valence-corrected chi connectivity index (χ3v) is 5.35. The number of pyridine rings is 1. The maximum absolute atomic E-state index is 12.4. The number of anilines is 1. The highest BCUT2D eigenvalue weighted by Gasteiger charge is 2.14. The molecule has 136 valence electrons. The Balaban J connectivity index is 1.61. The van der Waals surface area contributed by atoms with Crippen molar-refractivity contribution in [1.29, 1.82) is 0 Å². The van der Waals surface area contributed by atoms with Gasteiger partial charge in [0.15, 0.2) is 10.8 Å². The van der Waals surface area contributed by atoms with Crippen molar-refractivity contribution in [3.63, 3.8) is 0 Å². The molecule has 0 bridgehead atoms. The molecule has 0 aliphatic carbocycles. The second kappa shape index (κ2) is 7.04. The molecule has 1 N–H and O–H groups in total. The average molecular weight is 376 g/mol. The third kappa shape index (κ3) is 3.53. The van der Waals surface area contributed by atoms with Gasteiger partial charge in [-0.05, 0) is 67.1 Å². The van der Waals surface area contributed by atoms with Crippen LogP contribution < -0.4 is 5.32 Å². The first-order chi connectivity index (χ1) is 13.0. The van der Waals surface area contributed by atoms with Gasteiger partial charge in [0.2, 0.25) is 5.91 Å². The minimum atomic E-state index is -0.0597. The van der Waals surface area contributed by atoms with Crippen LogP contribution in [0.3, 0.4) is 0 Å². The van der Waals surface area contributed by atoms with Crippen LogP contribution in [0.1, 0.15) is 16.7 Å². The minimum absolute atomic E-state index is 0.0597. The molecule has 1 amide bonds. The molecule has 0 unspecified atom stereocenters. The van der Waals surface area contributed by atoms with Crippen LogP contribution in [0.5, 0.6) is 0 Å². The van der Waals surface area contributed by atoms with Gasteiger partial charge < -0.3 is 5.32 Å². The van der Waals surface area contributed by atoms with E-state index in [0.717, 1.165) is 38.5 Å². The van der Waals surface area contributed by atoms with Crippen LogP contribution in [-0.4, -0.2) is 26.3 Å². The first-order valence-corrected chi connectivity index (χ1v) is 9.74. The number of aryl methyl sites for hydroxylation is 3. The molecule has 4 aromatic rings. The molecule has 0 aliphatic rings. The van der Waals surface area contributed by atoms with Gasteiger partial charge in [-0.1, -0.05) is 36.0 Å². The van der Waals surface area contributed by atoms with Crippen LogP contribution >= 0.6 is 11.8 Å². The molecule has 5 nitrogen and oxygen atoms in total. The van der Waals surface area contributed by atoms with Crippen molar-refractivity contribution < 1.29 is 4.79 Å². The van der Waals surface area contributed by atoms with Crippen LogP contribution in [0.25, 0.3) is 16.6 Å². The van der Waals surface area contributed by atoms with E-state index in [9.17, 15) is 4.79 Å². The largest absolute Gasteiger partial charge is 0.325 e. The molecule has 0 saturated heterocycles. The summed E-state index contributed by atoms with van der Waals surface area (Å²) in [5.41, 5.74) is 6.05. The highest BCUT2D eigenvalue weighted by Crippen LogP contribution is 2.26. The predicted octanol–water partition coefficient (Wildman–Crippen LogP) is 4.54. The van der Waals surface area contributed by atoms with E-state index >= 15 is 0 Å². The first kappa shape index (κ1) is 17.5. The Labute approximate surface area is 161 Å². The highest BCUT2D eigenvalue weighted by molar-refractivity contribution is 7.99. The smallest absolute Gasteiger partial charge is 0.234 e. The lowest BCUT2D eigenvalue weighted by molar-refractivity contribution is -0.113. The number of thioether (sulfide) groups is 1. The van der Waals surface area contributed by atoms with Crippen LogP contribution in [0.15, 0.2) is 53.7 Å². The fourth-order valence-corrected chi connectivity index (χ4v) is 3.90. The van der Waals surface area contributed by atoms with Gasteiger partial charge in [-0.25, -0.2) is 0 Å². The summed E-state index contributed by atoms with van der Waals surface area (Å²) >= 11 is 1.39. The maximum atomic E-state index is 12.4. The van der Waals surface area contributed by atoms with Crippen LogP contribution in [0.2, 0.25) is 0 Å². The summed E-state index contributed by atoms with van der Waals surface area (Å²) in [6, 6.07) is 16.2. The van der Waals surface area contributed by atoms with E-state index in [-0.39, 0.29) is 11.7 Å². The topological polar surface area (TPSA) is 59.3 Å². The van der Waals surface area contributed by atoms with Crippen molar-refractivity contribution in [3.05, 3.63) is 65.2 Å². The average Bonchev–Trinajstić information content (AvgIpc) is 3.06. The zero-order chi connectivity index (χ0) is 19.0. The Morgan fingerprint density at radius 3 is 2.67 bits per heavy atom. The second-order valence-electron chi connectivity index (χ2n) is 6.74. The van der Waals surface area contributed by atoms with Gasteiger partial charge in [0.05, 0.1) is 11.3 Å². The van der Waals surface area contributed by atoms with Crippen LogP contribution in [0, 0.1) is 20.8 Å². The number of nitrogens with zero attached hydrogens (tertiary/aromatic N) is 3. The summed E-state index contributed by atoms with van der Waals surface area (Å²) in [4.78, 5) is 12.4.